The van der Waals surface area contributed by atoms with Crippen molar-refractivity contribution in [3.8, 4) is 0 Å². The van der Waals surface area contributed by atoms with Crippen LogP contribution < -0.4 is 0 Å². The first-order chi connectivity index (χ1) is 6.61. The lowest BCUT2D eigenvalue weighted by atomic mass is 10.1. The summed E-state index contributed by atoms with van der Waals surface area (Å²) in [6, 6.07) is 0.280. The van der Waals surface area contributed by atoms with Gasteiger partial charge in [0.25, 0.3) is 0 Å². The lowest BCUT2D eigenvalue weighted by Gasteiger charge is -2.27. The number of carboxylic acid groups (broad SMARTS) is 1. The van der Waals surface area contributed by atoms with Gasteiger partial charge >= 0.3 is 5.97 Å². The van der Waals surface area contributed by atoms with E-state index in [9.17, 15) is 4.79 Å². The molecular formula is C10H21NO3. The minimum Gasteiger partial charge on any atom is -0.481 e. The summed E-state index contributed by atoms with van der Waals surface area (Å²) >= 11 is 0. The van der Waals surface area contributed by atoms with Gasteiger partial charge in [0, 0.05) is 25.6 Å². The summed E-state index contributed by atoms with van der Waals surface area (Å²) in [6.07, 6.45) is 1.65. The van der Waals surface area contributed by atoms with Gasteiger partial charge in [-0.05, 0) is 26.3 Å². The molecule has 0 aliphatic rings. The predicted octanol–water partition coefficient (Wildman–Crippen LogP) is 0.944. The Labute approximate surface area is 85.5 Å². The third-order valence-electron chi connectivity index (χ3n) is 2.41. The SMILES string of the molecule is CCN(CCCO)C(C)CCC(=O)O. The molecule has 0 aliphatic carbocycles. The predicted molar refractivity (Wildman–Crippen MR) is 55.3 cm³/mol. The van der Waals surface area contributed by atoms with Crippen molar-refractivity contribution in [2.75, 3.05) is 19.7 Å². The highest BCUT2D eigenvalue weighted by Crippen LogP contribution is 2.06. The van der Waals surface area contributed by atoms with Crippen LogP contribution in [0.1, 0.15) is 33.1 Å². The van der Waals surface area contributed by atoms with Crippen LogP contribution in [0, 0.1) is 0 Å². The molecule has 0 rings (SSSR count). The molecule has 2 N–H and O–H groups in total. The molecule has 0 aliphatic heterocycles. The van der Waals surface area contributed by atoms with Crippen molar-refractivity contribution in [3.05, 3.63) is 0 Å². The number of aliphatic hydroxyl groups excluding tert-OH is 1. The average Bonchev–Trinajstić information content (AvgIpc) is 2.16. The molecule has 1 atom stereocenters. The van der Waals surface area contributed by atoms with Crippen molar-refractivity contribution >= 4 is 5.97 Å². The van der Waals surface area contributed by atoms with E-state index in [2.05, 4.69) is 11.8 Å². The van der Waals surface area contributed by atoms with E-state index < -0.39 is 5.97 Å². The van der Waals surface area contributed by atoms with Crippen molar-refractivity contribution in [3.63, 3.8) is 0 Å². The van der Waals surface area contributed by atoms with Crippen LogP contribution in [-0.4, -0.2) is 46.8 Å². The molecule has 0 bridgehead atoms. The van der Waals surface area contributed by atoms with Crippen LogP contribution in [0.15, 0.2) is 0 Å². The van der Waals surface area contributed by atoms with Crippen LogP contribution in [0.5, 0.6) is 0 Å². The number of rotatable bonds is 8. The fourth-order valence-electron chi connectivity index (χ4n) is 1.48. The molecule has 0 saturated heterocycles. The molecule has 0 saturated carbocycles. The first kappa shape index (κ1) is 13.4. The Hall–Kier alpha value is -0.610. The zero-order chi connectivity index (χ0) is 11.0. The number of aliphatic carboxylic acids is 1. The summed E-state index contributed by atoms with van der Waals surface area (Å²) in [5.74, 6) is -0.741. The van der Waals surface area contributed by atoms with Gasteiger partial charge in [-0.25, -0.2) is 0 Å². The second kappa shape index (κ2) is 7.76. The summed E-state index contributed by atoms with van der Waals surface area (Å²) in [5.41, 5.74) is 0. The molecule has 4 nitrogen and oxygen atoms in total. The largest absolute Gasteiger partial charge is 0.481 e. The van der Waals surface area contributed by atoms with Crippen LogP contribution in [0.2, 0.25) is 0 Å². The third kappa shape index (κ3) is 5.94. The zero-order valence-electron chi connectivity index (χ0n) is 9.07. The van der Waals surface area contributed by atoms with Gasteiger partial charge < -0.3 is 15.1 Å². The number of aliphatic hydroxyl groups is 1. The maximum absolute atomic E-state index is 10.4. The molecule has 0 amide bonds. The Morgan fingerprint density at radius 1 is 1.50 bits per heavy atom. The molecule has 0 aromatic heterocycles. The average molecular weight is 203 g/mol. The minimum absolute atomic E-state index is 0.197. The van der Waals surface area contributed by atoms with Gasteiger partial charge in [0.2, 0.25) is 0 Å². The second-order valence-corrected chi connectivity index (χ2v) is 3.49. The van der Waals surface area contributed by atoms with E-state index in [1.807, 2.05) is 6.92 Å². The van der Waals surface area contributed by atoms with Crippen LogP contribution in [0.25, 0.3) is 0 Å². The van der Waals surface area contributed by atoms with Gasteiger partial charge in [-0.15, -0.1) is 0 Å². The highest BCUT2D eigenvalue weighted by molar-refractivity contribution is 5.66. The highest BCUT2D eigenvalue weighted by Gasteiger charge is 2.12. The zero-order valence-corrected chi connectivity index (χ0v) is 9.07. The van der Waals surface area contributed by atoms with Crippen LogP contribution in [-0.2, 0) is 4.79 Å². The van der Waals surface area contributed by atoms with E-state index in [1.54, 1.807) is 0 Å². The van der Waals surface area contributed by atoms with Crippen molar-refractivity contribution in [1.29, 1.82) is 0 Å². The maximum Gasteiger partial charge on any atom is 0.303 e. The Balaban J connectivity index is 3.78. The summed E-state index contributed by atoms with van der Waals surface area (Å²) in [6.45, 7) is 6.02. The van der Waals surface area contributed by atoms with Crippen LogP contribution in [0.4, 0.5) is 0 Å². The van der Waals surface area contributed by atoms with E-state index in [0.717, 1.165) is 19.5 Å². The second-order valence-electron chi connectivity index (χ2n) is 3.49. The van der Waals surface area contributed by atoms with Gasteiger partial charge in [-0.2, -0.15) is 0 Å². The summed E-state index contributed by atoms with van der Waals surface area (Å²) in [4.78, 5) is 12.6. The summed E-state index contributed by atoms with van der Waals surface area (Å²) < 4.78 is 0. The third-order valence-corrected chi connectivity index (χ3v) is 2.41. The molecule has 0 spiro atoms. The molecule has 0 aromatic carbocycles. The molecule has 0 fully saturated rings. The lowest BCUT2D eigenvalue weighted by Crippen LogP contribution is -2.34. The first-order valence-corrected chi connectivity index (χ1v) is 5.18. The van der Waals surface area contributed by atoms with Gasteiger partial charge in [-0.1, -0.05) is 6.92 Å². The topological polar surface area (TPSA) is 60.8 Å². The minimum atomic E-state index is -0.741. The lowest BCUT2D eigenvalue weighted by molar-refractivity contribution is -0.137. The van der Waals surface area contributed by atoms with Crippen molar-refractivity contribution < 1.29 is 15.0 Å². The molecule has 0 radical (unpaired) electrons. The van der Waals surface area contributed by atoms with Gasteiger partial charge in [0.1, 0.15) is 0 Å². The number of carboxylic acids is 1. The fraction of sp³-hybridized carbons (Fsp3) is 0.900. The monoisotopic (exact) mass is 203 g/mol. The number of hydrogen-bond acceptors (Lipinski definition) is 3. The molecule has 0 aromatic rings. The fourth-order valence-corrected chi connectivity index (χ4v) is 1.48. The van der Waals surface area contributed by atoms with Crippen LogP contribution in [0.3, 0.4) is 0 Å². The van der Waals surface area contributed by atoms with E-state index in [4.69, 9.17) is 10.2 Å². The van der Waals surface area contributed by atoms with Gasteiger partial charge in [0.15, 0.2) is 0 Å². The van der Waals surface area contributed by atoms with E-state index in [-0.39, 0.29) is 19.1 Å². The standard InChI is InChI=1S/C10H21NO3/c1-3-11(7-4-8-12)9(2)5-6-10(13)14/h9,12H,3-8H2,1-2H3,(H,13,14). The van der Waals surface area contributed by atoms with E-state index >= 15 is 0 Å². The van der Waals surface area contributed by atoms with Crippen molar-refractivity contribution in [2.45, 2.75) is 39.2 Å². The Morgan fingerprint density at radius 3 is 2.57 bits per heavy atom. The molecule has 84 valence electrons. The molecule has 14 heavy (non-hydrogen) atoms. The molecular weight excluding hydrogens is 182 g/mol. The maximum atomic E-state index is 10.4. The quantitative estimate of drug-likeness (QED) is 0.616. The van der Waals surface area contributed by atoms with Crippen molar-refractivity contribution in [1.82, 2.24) is 4.90 Å². The summed E-state index contributed by atoms with van der Waals surface area (Å²) in [5, 5.41) is 17.2. The molecule has 4 heteroatoms. The van der Waals surface area contributed by atoms with Gasteiger partial charge in [-0.3, -0.25) is 4.79 Å². The number of hydrogen-bond donors (Lipinski definition) is 2. The molecule has 1 unspecified atom stereocenters. The molecule has 0 heterocycles. The smallest absolute Gasteiger partial charge is 0.303 e. The van der Waals surface area contributed by atoms with E-state index in [0.29, 0.717) is 6.42 Å². The van der Waals surface area contributed by atoms with Crippen LogP contribution >= 0.6 is 0 Å². The highest BCUT2D eigenvalue weighted by atomic mass is 16.4. The van der Waals surface area contributed by atoms with E-state index in [1.165, 1.54) is 0 Å². The Bertz CT molecular complexity index is 161. The number of nitrogens with zero attached hydrogens (tertiary/aromatic N) is 1. The Morgan fingerprint density at radius 2 is 2.14 bits per heavy atom. The Kier molecular flexibility index (Phi) is 7.42. The number of carbonyl (C=O) groups is 1. The first-order valence-electron chi connectivity index (χ1n) is 5.18. The van der Waals surface area contributed by atoms with Crippen molar-refractivity contribution in [2.24, 2.45) is 0 Å². The summed E-state index contributed by atoms with van der Waals surface area (Å²) in [7, 11) is 0. The van der Waals surface area contributed by atoms with Gasteiger partial charge in [0.05, 0.1) is 0 Å². The normalized spacial score (nSPS) is 13.1.